The van der Waals surface area contributed by atoms with Crippen LogP contribution in [-0.4, -0.2) is 24.7 Å². The molecule has 4 rings (SSSR count). The summed E-state index contributed by atoms with van der Waals surface area (Å²) >= 11 is 3.46. The molecule has 2 heterocycles. The predicted octanol–water partition coefficient (Wildman–Crippen LogP) is 4.17. The molecule has 2 aromatic carbocycles. The van der Waals surface area contributed by atoms with Crippen LogP contribution in [0.25, 0.3) is 11.1 Å². The molecule has 1 aliphatic rings. The number of hydrogen-bond acceptors (Lipinski definition) is 4. The minimum atomic E-state index is 0.0388. The molecule has 0 aliphatic carbocycles. The van der Waals surface area contributed by atoms with Crippen molar-refractivity contribution in [3.8, 4) is 0 Å². The van der Waals surface area contributed by atoms with E-state index in [0.717, 1.165) is 28.7 Å². The van der Waals surface area contributed by atoms with E-state index in [1.165, 1.54) is 5.56 Å². The average Bonchev–Trinajstić information content (AvgIpc) is 3.00. The summed E-state index contributed by atoms with van der Waals surface area (Å²) in [4.78, 5) is 6.72. The lowest BCUT2D eigenvalue weighted by Gasteiger charge is -2.32. The standard InChI is InChI=1S/C17H15BrN2O2/c18-13-7-5-12(6-8-13)16-11-20(9-10-21-16)17-19-14-3-1-2-4-15(14)22-17/h1-8,16H,9-11H2/t16-/m0/s1. The molecule has 0 radical (unpaired) electrons. The van der Waals surface area contributed by atoms with E-state index < -0.39 is 0 Å². The summed E-state index contributed by atoms with van der Waals surface area (Å²) in [6, 6.07) is 16.8. The third kappa shape index (κ3) is 2.62. The fourth-order valence-electron chi connectivity index (χ4n) is 2.70. The molecule has 0 amide bonds. The van der Waals surface area contributed by atoms with Crippen molar-refractivity contribution in [2.75, 3.05) is 24.6 Å². The summed E-state index contributed by atoms with van der Waals surface area (Å²) < 4.78 is 12.8. The van der Waals surface area contributed by atoms with E-state index in [1.54, 1.807) is 0 Å². The highest BCUT2D eigenvalue weighted by molar-refractivity contribution is 9.10. The van der Waals surface area contributed by atoms with Crippen LogP contribution in [0.3, 0.4) is 0 Å². The molecular weight excluding hydrogens is 344 g/mol. The molecule has 1 atom stereocenters. The van der Waals surface area contributed by atoms with Crippen molar-refractivity contribution >= 4 is 33.0 Å². The molecule has 0 unspecified atom stereocenters. The van der Waals surface area contributed by atoms with Crippen LogP contribution in [0.4, 0.5) is 6.01 Å². The lowest BCUT2D eigenvalue weighted by molar-refractivity contribution is 0.0381. The third-order valence-corrected chi connectivity index (χ3v) is 4.39. The zero-order valence-corrected chi connectivity index (χ0v) is 13.5. The summed E-state index contributed by atoms with van der Waals surface area (Å²) in [6.07, 6.45) is 0.0388. The Kier molecular flexibility index (Phi) is 3.60. The number of oxazole rings is 1. The quantitative estimate of drug-likeness (QED) is 0.689. The first-order chi connectivity index (χ1) is 10.8. The van der Waals surface area contributed by atoms with Gasteiger partial charge in [-0.2, -0.15) is 4.98 Å². The minimum Gasteiger partial charge on any atom is -0.423 e. The van der Waals surface area contributed by atoms with E-state index >= 15 is 0 Å². The van der Waals surface area contributed by atoms with Gasteiger partial charge in [-0.15, -0.1) is 0 Å². The number of ether oxygens (including phenoxy) is 1. The fraction of sp³-hybridized carbons (Fsp3) is 0.235. The monoisotopic (exact) mass is 358 g/mol. The van der Waals surface area contributed by atoms with Gasteiger partial charge in [-0.3, -0.25) is 0 Å². The molecule has 0 spiro atoms. The number of morpholine rings is 1. The Bertz CT molecular complexity index is 752. The molecular formula is C17H15BrN2O2. The number of nitrogens with zero attached hydrogens (tertiary/aromatic N) is 2. The van der Waals surface area contributed by atoms with Crippen molar-refractivity contribution in [2.45, 2.75) is 6.10 Å². The van der Waals surface area contributed by atoms with Crippen LogP contribution in [0.1, 0.15) is 11.7 Å². The van der Waals surface area contributed by atoms with E-state index in [1.807, 2.05) is 36.4 Å². The first-order valence-electron chi connectivity index (χ1n) is 7.27. The largest absolute Gasteiger partial charge is 0.423 e. The van der Waals surface area contributed by atoms with Gasteiger partial charge in [0, 0.05) is 11.0 Å². The van der Waals surface area contributed by atoms with E-state index in [0.29, 0.717) is 12.6 Å². The number of anilines is 1. The SMILES string of the molecule is Brc1ccc([C@@H]2CN(c3nc4ccccc4o3)CCO2)cc1. The van der Waals surface area contributed by atoms with Crippen LogP contribution in [-0.2, 0) is 4.74 Å². The highest BCUT2D eigenvalue weighted by atomic mass is 79.9. The second kappa shape index (κ2) is 5.74. The molecule has 0 bridgehead atoms. The van der Waals surface area contributed by atoms with Gasteiger partial charge in [0.2, 0.25) is 0 Å². The number of fused-ring (bicyclic) bond motifs is 1. The molecule has 3 aromatic rings. The molecule has 4 nitrogen and oxygen atoms in total. The lowest BCUT2D eigenvalue weighted by Crippen LogP contribution is -2.38. The Labute approximate surface area is 136 Å². The molecule has 5 heteroatoms. The summed E-state index contributed by atoms with van der Waals surface area (Å²) in [5, 5.41) is 0. The van der Waals surface area contributed by atoms with Crippen molar-refractivity contribution in [3.05, 3.63) is 58.6 Å². The van der Waals surface area contributed by atoms with Gasteiger partial charge in [0.25, 0.3) is 6.01 Å². The third-order valence-electron chi connectivity index (χ3n) is 3.86. The number of hydrogen-bond donors (Lipinski definition) is 0. The molecule has 112 valence electrons. The van der Waals surface area contributed by atoms with Crippen molar-refractivity contribution in [1.29, 1.82) is 0 Å². The van der Waals surface area contributed by atoms with Gasteiger partial charge >= 0.3 is 0 Å². The number of aromatic nitrogens is 1. The Hall–Kier alpha value is -1.85. The first-order valence-corrected chi connectivity index (χ1v) is 8.06. The molecule has 1 aliphatic heterocycles. The highest BCUT2D eigenvalue weighted by Gasteiger charge is 2.25. The van der Waals surface area contributed by atoms with Crippen LogP contribution in [0.15, 0.2) is 57.4 Å². The van der Waals surface area contributed by atoms with Gasteiger partial charge in [0.15, 0.2) is 5.58 Å². The maximum Gasteiger partial charge on any atom is 0.298 e. The van der Waals surface area contributed by atoms with Crippen molar-refractivity contribution < 1.29 is 9.15 Å². The molecule has 22 heavy (non-hydrogen) atoms. The number of halogens is 1. The van der Waals surface area contributed by atoms with Gasteiger partial charge in [-0.1, -0.05) is 40.2 Å². The molecule has 1 saturated heterocycles. The van der Waals surface area contributed by atoms with Crippen molar-refractivity contribution in [3.63, 3.8) is 0 Å². The molecule has 1 aromatic heterocycles. The van der Waals surface area contributed by atoms with Gasteiger partial charge in [0.1, 0.15) is 11.6 Å². The van der Waals surface area contributed by atoms with E-state index in [-0.39, 0.29) is 6.10 Å². The number of para-hydroxylation sites is 2. The van der Waals surface area contributed by atoms with E-state index in [9.17, 15) is 0 Å². The smallest absolute Gasteiger partial charge is 0.298 e. The van der Waals surface area contributed by atoms with Crippen LogP contribution in [0.2, 0.25) is 0 Å². The van der Waals surface area contributed by atoms with Crippen LogP contribution in [0, 0.1) is 0 Å². The topological polar surface area (TPSA) is 38.5 Å². The Balaban J connectivity index is 1.58. The number of benzene rings is 2. The summed E-state index contributed by atoms with van der Waals surface area (Å²) in [5.41, 5.74) is 2.89. The van der Waals surface area contributed by atoms with E-state index in [2.05, 4.69) is 37.9 Å². The second-order valence-electron chi connectivity index (χ2n) is 5.32. The lowest BCUT2D eigenvalue weighted by atomic mass is 10.1. The van der Waals surface area contributed by atoms with Gasteiger partial charge in [0.05, 0.1) is 13.2 Å². The van der Waals surface area contributed by atoms with Gasteiger partial charge in [-0.05, 0) is 29.8 Å². The van der Waals surface area contributed by atoms with Crippen LogP contribution >= 0.6 is 15.9 Å². The minimum absolute atomic E-state index is 0.0388. The first kappa shape index (κ1) is 13.8. The Morgan fingerprint density at radius 3 is 2.73 bits per heavy atom. The maximum absolute atomic E-state index is 5.90. The Morgan fingerprint density at radius 2 is 1.91 bits per heavy atom. The maximum atomic E-state index is 5.90. The van der Waals surface area contributed by atoms with Crippen LogP contribution in [0.5, 0.6) is 0 Å². The fourth-order valence-corrected chi connectivity index (χ4v) is 2.96. The normalized spacial score (nSPS) is 18.8. The average molecular weight is 359 g/mol. The summed E-state index contributed by atoms with van der Waals surface area (Å²) in [6.45, 7) is 2.20. The Morgan fingerprint density at radius 1 is 1.09 bits per heavy atom. The second-order valence-corrected chi connectivity index (χ2v) is 6.24. The van der Waals surface area contributed by atoms with Crippen LogP contribution < -0.4 is 4.90 Å². The zero-order valence-electron chi connectivity index (χ0n) is 11.9. The zero-order chi connectivity index (χ0) is 14.9. The summed E-state index contributed by atoms with van der Waals surface area (Å²) in [5.74, 6) is 0. The molecule has 0 saturated carbocycles. The van der Waals surface area contributed by atoms with E-state index in [4.69, 9.17) is 9.15 Å². The van der Waals surface area contributed by atoms with Gasteiger partial charge in [-0.25, -0.2) is 0 Å². The number of rotatable bonds is 2. The van der Waals surface area contributed by atoms with Crippen molar-refractivity contribution in [1.82, 2.24) is 4.98 Å². The van der Waals surface area contributed by atoms with Gasteiger partial charge < -0.3 is 14.1 Å². The van der Waals surface area contributed by atoms with Crippen molar-refractivity contribution in [2.24, 2.45) is 0 Å². The predicted molar refractivity (Wildman–Crippen MR) is 89.1 cm³/mol. The highest BCUT2D eigenvalue weighted by Crippen LogP contribution is 2.28. The molecule has 0 N–H and O–H groups in total. The molecule has 1 fully saturated rings. The summed E-state index contributed by atoms with van der Waals surface area (Å²) in [7, 11) is 0.